The number of benzene rings is 1. The standard InChI is InChI=1S/C11H15N.C5H9NO4/c1-9-8-12-7-6-10-4-2-3-5-11(9)10;6-3(5(9)10)1-2-4(7)8/h2-5,9,12H,6-8H2,1H3;3H,1-2,6H2,(H,7,8)(H,9,10)/t;3-/m.0/s1. The van der Waals surface area contributed by atoms with Crippen molar-refractivity contribution >= 4 is 11.9 Å². The number of aliphatic carboxylic acids is 2. The van der Waals surface area contributed by atoms with E-state index in [1.165, 1.54) is 17.5 Å². The SMILES string of the molecule is CC1CNCCc2ccccc21.N[C@@H](CCC(=O)O)C(=O)O. The molecule has 0 fully saturated rings. The van der Waals surface area contributed by atoms with Gasteiger partial charge in [0.15, 0.2) is 0 Å². The summed E-state index contributed by atoms with van der Waals surface area (Å²) in [6.45, 7) is 4.54. The van der Waals surface area contributed by atoms with Crippen LogP contribution in [0.1, 0.15) is 36.8 Å². The molecule has 1 unspecified atom stereocenters. The number of carboxylic acid groups (broad SMARTS) is 2. The highest BCUT2D eigenvalue weighted by atomic mass is 16.4. The minimum atomic E-state index is -1.17. The Hall–Kier alpha value is -1.92. The fourth-order valence-corrected chi connectivity index (χ4v) is 2.30. The van der Waals surface area contributed by atoms with Gasteiger partial charge >= 0.3 is 11.9 Å². The quantitative estimate of drug-likeness (QED) is 0.665. The molecule has 1 aliphatic heterocycles. The van der Waals surface area contributed by atoms with E-state index in [1.54, 1.807) is 0 Å². The Kier molecular flexibility index (Phi) is 7.56. The van der Waals surface area contributed by atoms with Gasteiger partial charge in [-0.05, 0) is 36.4 Å². The summed E-state index contributed by atoms with van der Waals surface area (Å²) < 4.78 is 0. The first-order chi connectivity index (χ1) is 10.4. The van der Waals surface area contributed by atoms with Crippen LogP contribution >= 0.6 is 0 Å². The summed E-state index contributed by atoms with van der Waals surface area (Å²) in [5.41, 5.74) is 8.06. The Morgan fingerprint density at radius 2 is 2.05 bits per heavy atom. The molecule has 1 aromatic carbocycles. The third-order valence-corrected chi connectivity index (χ3v) is 3.59. The normalized spacial score (nSPS) is 18.2. The fourth-order valence-electron chi connectivity index (χ4n) is 2.30. The third kappa shape index (κ3) is 6.24. The van der Waals surface area contributed by atoms with Crippen molar-refractivity contribution in [3.05, 3.63) is 35.4 Å². The summed E-state index contributed by atoms with van der Waals surface area (Å²) in [6, 6.07) is 7.72. The van der Waals surface area contributed by atoms with Gasteiger partial charge in [-0.1, -0.05) is 31.2 Å². The molecule has 0 aromatic heterocycles. The lowest BCUT2D eigenvalue weighted by Gasteiger charge is -2.10. The first kappa shape index (κ1) is 18.1. The Bertz CT molecular complexity index is 505. The molecule has 6 nitrogen and oxygen atoms in total. The van der Waals surface area contributed by atoms with E-state index in [1.807, 2.05) is 0 Å². The molecular weight excluding hydrogens is 284 g/mol. The monoisotopic (exact) mass is 308 g/mol. The van der Waals surface area contributed by atoms with E-state index in [9.17, 15) is 9.59 Å². The van der Waals surface area contributed by atoms with Gasteiger partial charge in [0.1, 0.15) is 6.04 Å². The molecular formula is C16H24N2O4. The predicted octanol–water partition coefficient (Wildman–Crippen LogP) is 1.20. The van der Waals surface area contributed by atoms with Crippen molar-refractivity contribution in [1.29, 1.82) is 0 Å². The number of hydrogen-bond acceptors (Lipinski definition) is 4. The molecule has 122 valence electrons. The van der Waals surface area contributed by atoms with Gasteiger partial charge in [-0.25, -0.2) is 0 Å². The van der Waals surface area contributed by atoms with Crippen molar-refractivity contribution in [3.8, 4) is 0 Å². The molecule has 1 heterocycles. The summed E-state index contributed by atoms with van der Waals surface area (Å²) in [7, 11) is 0. The van der Waals surface area contributed by atoms with Gasteiger partial charge in [-0.15, -0.1) is 0 Å². The van der Waals surface area contributed by atoms with Crippen molar-refractivity contribution in [3.63, 3.8) is 0 Å². The van der Waals surface area contributed by atoms with E-state index in [0.717, 1.165) is 13.1 Å². The van der Waals surface area contributed by atoms with Crippen LogP contribution in [0.3, 0.4) is 0 Å². The second-order valence-electron chi connectivity index (χ2n) is 5.43. The van der Waals surface area contributed by atoms with Crippen molar-refractivity contribution in [2.75, 3.05) is 13.1 Å². The highest BCUT2D eigenvalue weighted by Gasteiger charge is 2.13. The highest BCUT2D eigenvalue weighted by Crippen LogP contribution is 2.21. The lowest BCUT2D eigenvalue weighted by molar-refractivity contribution is -0.139. The number of fused-ring (bicyclic) bond motifs is 1. The molecule has 0 amide bonds. The molecule has 22 heavy (non-hydrogen) atoms. The highest BCUT2D eigenvalue weighted by molar-refractivity contribution is 5.74. The summed E-state index contributed by atoms with van der Waals surface area (Å²) in [5, 5.41) is 19.7. The van der Waals surface area contributed by atoms with Crippen LogP contribution in [0.4, 0.5) is 0 Å². The Morgan fingerprint density at radius 1 is 1.36 bits per heavy atom. The van der Waals surface area contributed by atoms with Crippen molar-refractivity contribution in [2.24, 2.45) is 5.73 Å². The van der Waals surface area contributed by atoms with Gasteiger partial charge < -0.3 is 21.3 Å². The zero-order valence-electron chi connectivity index (χ0n) is 12.8. The molecule has 2 rings (SSSR count). The second-order valence-corrected chi connectivity index (χ2v) is 5.43. The largest absolute Gasteiger partial charge is 0.481 e. The molecule has 1 aromatic rings. The number of carbonyl (C=O) groups is 2. The molecule has 0 spiro atoms. The average Bonchev–Trinajstić information content (AvgIpc) is 2.67. The maximum Gasteiger partial charge on any atom is 0.320 e. The van der Waals surface area contributed by atoms with Crippen LogP contribution in [0.15, 0.2) is 24.3 Å². The Balaban J connectivity index is 0.000000225. The van der Waals surface area contributed by atoms with Crippen molar-refractivity contribution < 1.29 is 19.8 Å². The molecule has 0 saturated heterocycles. The molecule has 0 radical (unpaired) electrons. The number of hydrogen-bond donors (Lipinski definition) is 4. The lowest BCUT2D eigenvalue weighted by atomic mass is 9.96. The molecule has 5 N–H and O–H groups in total. The summed E-state index contributed by atoms with van der Waals surface area (Å²) in [6.07, 6.45) is 0.957. The van der Waals surface area contributed by atoms with Crippen molar-refractivity contribution in [1.82, 2.24) is 5.32 Å². The van der Waals surface area contributed by atoms with E-state index in [-0.39, 0.29) is 12.8 Å². The molecule has 0 saturated carbocycles. The number of rotatable bonds is 4. The minimum absolute atomic E-state index is 0.0231. The predicted molar refractivity (Wildman–Crippen MR) is 83.9 cm³/mol. The average molecular weight is 308 g/mol. The van der Waals surface area contributed by atoms with Gasteiger partial charge in [0.2, 0.25) is 0 Å². The van der Waals surface area contributed by atoms with Gasteiger partial charge in [-0.3, -0.25) is 9.59 Å². The summed E-state index contributed by atoms with van der Waals surface area (Å²) in [5.74, 6) is -1.53. The van der Waals surface area contributed by atoms with Gasteiger partial charge in [0, 0.05) is 13.0 Å². The van der Waals surface area contributed by atoms with E-state index >= 15 is 0 Å². The maximum atomic E-state index is 9.99. The summed E-state index contributed by atoms with van der Waals surface area (Å²) in [4.78, 5) is 19.9. The van der Waals surface area contributed by atoms with Crippen LogP contribution in [0.25, 0.3) is 0 Å². The Morgan fingerprint density at radius 3 is 2.68 bits per heavy atom. The first-order valence-corrected chi connectivity index (χ1v) is 7.40. The molecule has 2 atom stereocenters. The van der Waals surface area contributed by atoms with Gasteiger partial charge in [0.05, 0.1) is 0 Å². The van der Waals surface area contributed by atoms with Crippen LogP contribution in [-0.4, -0.2) is 41.3 Å². The molecule has 6 heteroatoms. The molecule has 0 bridgehead atoms. The third-order valence-electron chi connectivity index (χ3n) is 3.59. The van der Waals surface area contributed by atoms with Gasteiger partial charge in [0.25, 0.3) is 0 Å². The van der Waals surface area contributed by atoms with Crippen LogP contribution in [0, 0.1) is 0 Å². The van der Waals surface area contributed by atoms with E-state index in [4.69, 9.17) is 15.9 Å². The van der Waals surface area contributed by atoms with Crippen LogP contribution in [-0.2, 0) is 16.0 Å². The van der Waals surface area contributed by atoms with Crippen LogP contribution in [0.5, 0.6) is 0 Å². The zero-order valence-corrected chi connectivity index (χ0v) is 12.8. The van der Waals surface area contributed by atoms with E-state index < -0.39 is 18.0 Å². The van der Waals surface area contributed by atoms with Crippen molar-refractivity contribution in [2.45, 2.75) is 38.1 Å². The topological polar surface area (TPSA) is 113 Å². The molecule has 1 aliphatic rings. The second kappa shape index (κ2) is 9.17. The fraction of sp³-hybridized carbons (Fsp3) is 0.500. The first-order valence-electron chi connectivity index (χ1n) is 7.40. The summed E-state index contributed by atoms with van der Waals surface area (Å²) >= 11 is 0. The van der Waals surface area contributed by atoms with E-state index in [2.05, 4.69) is 36.5 Å². The minimum Gasteiger partial charge on any atom is -0.481 e. The Labute approximate surface area is 130 Å². The van der Waals surface area contributed by atoms with Gasteiger partial charge in [-0.2, -0.15) is 0 Å². The number of nitrogens with two attached hydrogens (primary N) is 1. The zero-order chi connectivity index (χ0) is 16.5. The number of carboxylic acids is 2. The maximum absolute atomic E-state index is 9.99. The smallest absolute Gasteiger partial charge is 0.320 e. The lowest BCUT2D eigenvalue weighted by Crippen LogP contribution is -2.30. The number of nitrogens with one attached hydrogen (secondary N) is 1. The van der Waals surface area contributed by atoms with Crippen LogP contribution in [0.2, 0.25) is 0 Å². The molecule has 0 aliphatic carbocycles. The van der Waals surface area contributed by atoms with E-state index in [0.29, 0.717) is 5.92 Å². The van der Waals surface area contributed by atoms with Crippen LogP contribution < -0.4 is 11.1 Å².